The molecule has 7 heteroatoms. The molecular weight excluding hydrogens is 336 g/mol. The molecule has 1 heterocycles. The minimum Gasteiger partial charge on any atom is -0.507 e. The predicted molar refractivity (Wildman–Crippen MR) is 94.1 cm³/mol. The molecule has 0 bridgehead atoms. The summed E-state index contributed by atoms with van der Waals surface area (Å²) in [5, 5.41) is 10.9. The number of amides is 2. The summed E-state index contributed by atoms with van der Waals surface area (Å²) in [6.45, 7) is 1.98. The largest absolute Gasteiger partial charge is 0.507 e. The number of phenolic OH excluding ortho intramolecular Hbond substituents is 1. The van der Waals surface area contributed by atoms with E-state index in [9.17, 15) is 19.5 Å². The fourth-order valence-corrected chi connectivity index (χ4v) is 2.47. The van der Waals surface area contributed by atoms with Crippen molar-refractivity contribution in [3.8, 4) is 5.75 Å². The normalized spacial score (nSPS) is 15.3. The summed E-state index contributed by atoms with van der Waals surface area (Å²) in [6.07, 6.45) is 1.33. The van der Waals surface area contributed by atoms with Crippen LogP contribution in [-0.4, -0.2) is 29.5 Å². The van der Waals surface area contributed by atoms with Crippen LogP contribution in [-0.2, 0) is 14.3 Å². The van der Waals surface area contributed by atoms with E-state index in [1.54, 1.807) is 25.1 Å². The van der Waals surface area contributed by atoms with Crippen LogP contribution in [0.3, 0.4) is 0 Å². The number of hydrogen-bond donors (Lipinski definition) is 2. The molecule has 26 heavy (non-hydrogen) atoms. The Morgan fingerprint density at radius 1 is 1.15 bits per heavy atom. The molecule has 0 atom stereocenters. The second-order valence-electron chi connectivity index (χ2n) is 5.47. The van der Waals surface area contributed by atoms with Gasteiger partial charge >= 0.3 is 5.97 Å². The van der Waals surface area contributed by atoms with Gasteiger partial charge in [0.25, 0.3) is 11.8 Å². The smallest absolute Gasteiger partial charge is 0.338 e. The molecule has 2 amide bonds. The summed E-state index contributed by atoms with van der Waals surface area (Å²) in [4.78, 5) is 36.4. The van der Waals surface area contributed by atoms with Crippen LogP contribution >= 0.6 is 0 Å². The molecule has 2 aromatic rings. The molecule has 0 radical (unpaired) electrons. The molecule has 132 valence electrons. The van der Waals surface area contributed by atoms with Crippen LogP contribution in [0.4, 0.5) is 5.69 Å². The average Bonchev–Trinajstić information content (AvgIpc) is 2.92. The maximum Gasteiger partial charge on any atom is 0.338 e. The minimum atomic E-state index is -0.576. The highest BCUT2D eigenvalue weighted by atomic mass is 16.5. The third kappa shape index (κ3) is 3.27. The van der Waals surface area contributed by atoms with Crippen LogP contribution in [0.25, 0.3) is 6.08 Å². The molecule has 1 fully saturated rings. The van der Waals surface area contributed by atoms with Crippen molar-refractivity contribution in [1.82, 2.24) is 5.43 Å². The minimum absolute atomic E-state index is 0.0298. The van der Waals surface area contributed by atoms with Crippen LogP contribution in [0.15, 0.2) is 54.1 Å². The lowest BCUT2D eigenvalue weighted by atomic mass is 10.1. The molecule has 3 rings (SSSR count). The molecule has 1 saturated heterocycles. The second-order valence-corrected chi connectivity index (χ2v) is 5.47. The molecule has 0 aromatic heterocycles. The van der Waals surface area contributed by atoms with Gasteiger partial charge in [0.15, 0.2) is 0 Å². The molecule has 2 N–H and O–H groups in total. The van der Waals surface area contributed by atoms with Crippen LogP contribution < -0.4 is 10.4 Å². The van der Waals surface area contributed by atoms with Crippen molar-refractivity contribution in [2.75, 3.05) is 11.6 Å². The topological polar surface area (TPSA) is 95.9 Å². The number of hydrogen-bond acceptors (Lipinski definition) is 5. The first-order valence-corrected chi connectivity index (χ1v) is 7.93. The van der Waals surface area contributed by atoms with Crippen LogP contribution in [0, 0.1) is 0 Å². The third-order valence-corrected chi connectivity index (χ3v) is 3.76. The van der Waals surface area contributed by atoms with Crippen molar-refractivity contribution in [2.45, 2.75) is 6.92 Å². The van der Waals surface area contributed by atoms with E-state index in [2.05, 4.69) is 5.43 Å². The number of aromatic hydroxyl groups is 1. The van der Waals surface area contributed by atoms with E-state index in [-0.39, 0.29) is 17.9 Å². The lowest BCUT2D eigenvalue weighted by molar-refractivity contribution is -0.117. The number of benzene rings is 2. The highest BCUT2D eigenvalue weighted by Crippen LogP contribution is 2.24. The number of hydrazine groups is 1. The van der Waals surface area contributed by atoms with Crippen molar-refractivity contribution < 1.29 is 24.2 Å². The van der Waals surface area contributed by atoms with Gasteiger partial charge in [-0.2, -0.15) is 0 Å². The van der Waals surface area contributed by atoms with Crippen LogP contribution in [0.5, 0.6) is 5.75 Å². The van der Waals surface area contributed by atoms with Gasteiger partial charge in [0, 0.05) is 5.56 Å². The van der Waals surface area contributed by atoms with Gasteiger partial charge in [-0.1, -0.05) is 18.2 Å². The maximum absolute atomic E-state index is 12.6. The Bertz CT molecular complexity index is 902. The Labute approximate surface area is 149 Å². The molecular formula is C19H16N2O5. The molecule has 0 spiro atoms. The van der Waals surface area contributed by atoms with Gasteiger partial charge in [0.1, 0.15) is 11.3 Å². The van der Waals surface area contributed by atoms with E-state index in [0.29, 0.717) is 16.8 Å². The van der Waals surface area contributed by atoms with E-state index >= 15 is 0 Å². The number of carbonyl (C=O) groups excluding carboxylic acids is 3. The molecule has 0 aliphatic carbocycles. The van der Waals surface area contributed by atoms with E-state index in [1.807, 2.05) is 0 Å². The van der Waals surface area contributed by atoms with E-state index in [4.69, 9.17) is 4.74 Å². The SMILES string of the molecule is CCOC(=O)c1ccc(N2NC(=O)/C(=C\c3ccccc3O)C2=O)cc1. The van der Waals surface area contributed by atoms with E-state index < -0.39 is 17.8 Å². The molecule has 1 aliphatic heterocycles. The van der Waals surface area contributed by atoms with Crippen molar-refractivity contribution >= 4 is 29.5 Å². The Balaban J connectivity index is 1.85. The second kappa shape index (κ2) is 7.10. The molecule has 0 unspecified atom stereocenters. The number of nitrogens with zero attached hydrogens (tertiary/aromatic N) is 1. The summed E-state index contributed by atoms with van der Waals surface area (Å²) in [6, 6.07) is 12.5. The van der Waals surface area contributed by atoms with Gasteiger partial charge in [-0.15, -0.1) is 0 Å². The Morgan fingerprint density at radius 2 is 1.85 bits per heavy atom. The first-order valence-electron chi connectivity index (χ1n) is 7.93. The number of rotatable bonds is 4. The maximum atomic E-state index is 12.6. The molecule has 0 saturated carbocycles. The quantitative estimate of drug-likeness (QED) is 0.499. The lowest BCUT2D eigenvalue weighted by Crippen LogP contribution is -2.35. The first kappa shape index (κ1) is 17.2. The fraction of sp³-hybridized carbons (Fsp3) is 0.105. The van der Waals surface area contributed by atoms with Gasteiger partial charge in [-0.3, -0.25) is 15.0 Å². The zero-order valence-corrected chi connectivity index (χ0v) is 13.9. The van der Waals surface area contributed by atoms with Gasteiger partial charge in [-0.05, 0) is 43.3 Å². The number of carbonyl (C=O) groups is 3. The van der Waals surface area contributed by atoms with Crippen molar-refractivity contribution in [3.05, 3.63) is 65.2 Å². The summed E-state index contributed by atoms with van der Waals surface area (Å²) < 4.78 is 4.90. The Hall–Kier alpha value is -3.61. The van der Waals surface area contributed by atoms with Crippen LogP contribution in [0.2, 0.25) is 0 Å². The third-order valence-electron chi connectivity index (χ3n) is 3.76. The zero-order chi connectivity index (χ0) is 18.7. The highest BCUT2D eigenvalue weighted by Gasteiger charge is 2.34. The molecule has 2 aromatic carbocycles. The van der Waals surface area contributed by atoms with Crippen molar-refractivity contribution in [1.29, 1.82) is 0 Å². The van der Waals surface area contributed by atoms with Gasteiger partial charge in [-0.25, -0.2) is 9.80 Å². The summed E-state index contributed by atoms with van der Waals surface area (Å²) in [5.41, 5.74) is 3.48. The monoisotopic (exact) mass is 352 g/mol. The van der Waals surface area contributed by atoms with Gasteiger partial charge in [0.2, 0.25) is 0 Å². The number of esters is 1. The number of para-hydroxylation sites is 1. The highest BCUT2D eigenvalue weighted by molar-refractivity contribution is 6.31. The summed E-state index contributed by atoms with van der Waals surface area (Å²) in [5.74, 6) is -1.62. The lowest BCUT2D eigenvalue weighted by Gasteiger charge is -2.14. The Kier molecular flexibility index (Phi) is 4.70. The fourth-order valence-electron chi connectivity index (χ4n) is 2.47. The number of ether oxygens (including phenoxy) is 1. The summed E-state index contributed by atoms with van der Waals surface area (Å²) in [7, 11) is 0. The Morgan fingerprint density at radius 3 is 2.50 bits per heavy atom. The van der Waals surface area contributed by atoms with E-state index in [0.717, 1.165) is 5.01 Å². The van der Waals surface area contributed by atoms with Crippen molar-refractivity contribution in [3.63, 3.8) is 0 Å². The van der Waals surface area contributed by atoms with Gasteiger partial charge < -0.3 is 9.84 Å². The number of anilines is 1. The van der Waals surface area contributed by atoms with Crippen LogP contribution in [0.1, 0.15) is 22.8 Å². The molecule has 1 aliphatic rings. The summed E-state index contributed by atoms with van der Waals surface area (Å²) >= 11 is 0. The predicted octanol–water partition coefficient (Wildman–Crippen LogP) is 2.03. The molecule has 7 nitrogen and oxygen atoms in total. The number of nitrogens with one attached hydrogen (secondary N) is 1. The van der Waals surface area contributed by atoms with E-state index in [1.165, 1.54) is 36.4 Å². The standard InChI is InChI=1S/C19H16N2O5/c1-2-26-19(25)12-7-9-14(10-8-12)21-18(24)15(17(23)20-21)11-13-5-3-4-6-16(13)22/h3-11,22H,2H2,1H3,(H,20,23)/b15-11+. The van der Waals surface area contributed by atoms with Gasteiger partial charge in [0.05, 0.1) is 17.9 Å². The first-order chi connectivity index (χ1) is 12.5. The number of phenols is 1. The van der Waals surface area contributed by atoms with Crippen molar-refractivity contribution in [2.24, 2.45) is 0 Å². The average molecular weight is 352 g/mol. The zero-order valence-electron chi connectivity index (χ0n) is 13.9.